The average molecular weight is 324 g/mol. The zero-order valence-corrected chi connectivity index (χ0v) is 14.3. The zero-order chi connectivity index (χ0) is 14.5. The molecule has 0 aliphatic heterocycles. The van der Waals surface area contributed by atoms with Crippen molar-refractivity contribution in [2.24, 2.45) is 17.6 Å². The van der Waals surface area contributed by atoms with Crippen molar-refractivity contribution >= 4 is 12.4 Å². The maximum atomic E-state index is 6.16. The summed E-state index contributed by atoms with van der Waals surface area (Å²) >= 11 is 0. The molecule has 1 unspecified atom stereocenters. The van der Waals surface area contributed by atoms with Gasteiger partial charge in [0.05, 0.1) is 6.61 Å². The van der Waals surface area contributed by atoms with Crippen molar-refractivity contribution in [2.75, 3.05) is 6.61 Å². The van der Waals surface area contributed by atoms with Crippen LogP contribution in [0.1, 0.15) is 56.9 Å². The lowest BCUT2D eigenvalue weighted by Crippen LogP contribution is -2.22. The number of halogens is 1. The molecule has 1 aromatic rings. The second-order valence-corrected chi connectivity index (χ2v) is 7.00. The second kappa shape index (κ2) is 8.79. The van der Waals surface area contributed by atoms with Crippen molar-refractivity contribution < 1.29 is 4.74 Å². The van der Waals surface area contributed by atoms with E-state index in [1.165, 1.54) is 50.5 Å². The van der Waals surface area contributed by atoms with Gasteiger partial charge in [0.2, 0.25) is 0 Å². The van der Waals surface area contributed by atoms with Crippen molar-refractivity contribution in [1.82, 2.24) is 0 Å². The van der Waals surface area contributed by atoms with Crippen LogP contribution >= 0.6 is 12.4 Å². The Bertz CT molecular complexity index is 424. The van der Waals surface area contributed by atoms with E-state index in [2.05, 4.69) is 24.3 Å². The summed E-state index contributed by atoms with van der Waals surface area (Å²) in [5, 5.41) is 0. The highest BCUT2D eigenvalue weighted by Crippen LogP contribution is 2.33. The fraction of sp³-hybridized carbons (Fsp3) is 0.684. The van der Waals surface area contributed by atoms with Crippen LogP contribution in [0.3, 0.4) is 0 Å². The first-order chi connectivity index (χ1) is 10.3. The third-order valence-corrected chi connectivity index (χ3v) is 5.13. The largest absolute Gasteiger partial charge is 0.493 e. The van der Waals surface area contributed by atoms with Crippen LogP contribution in [0.2, 0.25) is 0 Å². The minimum Gasteiger partial charge on any atom is -0.493 e. The van der Waals surface area contributed by atoms with Gasteiger partial charge in [-0.05, 0) is 68.1 Å². The molecule has 0 radical (unpaired) electrons. The predicted molar refractivity (Wildman–Crippen MR) is 94.8 cm³/mol. The van der Waals surface area contributed by atoms with Crippen LogP contribution in [0.5, 0.6) is 5.75 Å². The standard InChI is InChI=1S/C19H29NO.ClH/c20-19(17-9-10-17)13-8-15-6-11-18(12-7-15)21-14-16-4-2-1-3-5-16;/h6-7,11-12,16-17,19H,1-5,8-10,13-14,20H2;1H. The topological polar surface area (TPSA) is 35.2 Å². The van der Waals surface area contributed by atoms with Crippen LogP contribution in [-0.4, -0.2) is 12.6 Å². The van der Waals surface area contributed by atoms with E-state index in [9.17, 15) is 0 Å². The van der Waals surface area contributed by atoms with Gasteiger partial charge in [-0.1, -0.05) is 31.4 Å². The van der Waals surface area contributed by atoms with Gasteiger partial charge in [0.1, 0.15) is 5.75 Å². The van der Waals surface area contributed by atoms with E-state index in [0.29, 0.717) is 6.04 Å². The van der Waals surface area contributed by atoms with E-state index in [1.54, 1.807) is 0 Å². The molecule has 2 N–H and O–H groups in total. The summed E-state index contributed by atoms with van der Waals surface area (Å²) in [4.78, 5) is 0. The highest BCUT2D eigenvalue weighted by molar-refractivity contribution is 5.85. The molecule has 2 fully saturated rings. The summed E-state index contributed by atoms with van der Waals surface area (Å²) < 4.78 is 5.95. The van der Waals surface area contributed by atoms with Gasteiger partial charge < -0.3 is 10.5 Å². The molecule has 3 rings (SSSR count). The highest BCUT2D eigenvalue weighted by atomic mass is 35.5. The Morgan fingerprint density at radius 2 is 1.68 bits per heavy atom. The van der Waals surface area contributed by atoms with Gasteiger partial charge in [0.15, 0.2) is 0 Å². The fourth-order valence-electron chi connectivity index (χ4n) is 3.41. The summed E-state index contributed by atoms with van der Waals surface area (Å²) in [6.07, 6.45) is 11.8. The monoisotopic (exact) mass is 323 g/mol. The Morgan fingerprint density at radius 1 is 1.00 bits per heavy atom. The van der Waals surface area contributed by atoms with Gasteiger partial charge in [-0.3, -0.25) is 0 Å². The molecule has 0 aromatic heterocycles. The van der Waals surface area contributed by atoms with Crippen LogP contribution in [-0.2, 0) is 6.42 Å². The van der Waals surface area contributed by atoms with E-state index in [-0.39, 0.29) is 12.4 Å². The number of rotatable bonds is 7. The molecule has 0 spiro atoms. The van der Waals surface area contributed by atoms with Gasteiger partial charge in [-0.15, -0.1) is 12.4 Å². The van der Waals surface area contributed by atoms with Crippen molar-refractivity contribution in [3.8, 4) is 5.75 Å². The Morgan fingerprint density at radius 3 is 2.32 bits per heavy atom. The normalized spacial score (nSPS) is 20.2. The molecule has 3 heteroatoms. The maximum Gasteiger partial charge on any atom is 0.119 e. The number of hydrogen-bond acceptors (Lipinski definition) is 2. The molecule has 2 nitrogen and oxygen atoms in total. The van der Waals surface area contributed by atoms with E-state index < -0.39 is 0 Å². The van der Waals surface area contributed by atoms with Crippen LogP contribution < -0.4 is 10.5 Å². The van der Waals surface area contributed by atoms with Crippen LogP contribution in [0.15, 0.2) is 24.3 Å². The Labute approximate surface area is 141 Å². The molecule has 22 heavy (non-hydrogen) atoms. The lowest BCUT2D eigenvalue weighted by atomic mass is 9.90. The number of hydrogen-bond donors (Lipinski definition) is 1. The molecule has 2 aliphatic rings. The third-order valence-electron chi connectivity index (χ3n) is 5.13. The molecule has 2 aliphatic carbocycles. The van der Waals surface area contributed by atoms with Gasteiger partial charge >= 0.3 is 0 Å². The number of aryl methyl sites for hydroxylation is 1. The Balaban J connectivity index is 0.00000176. The minimum atomic E-state index is 0. The maximum absolute atomic E-state index is 6.16. The van der Waals surface area contributed by atoms with E-state index in [1.807, 2.05) is 0 Å². The highest BCUT2D eigenvalue weighted by Gasteiger charge is 2.27. The minimum absolute atomic E-state index is 0. The van der Waals surface area contributed by atoms with Gasteiger partial charge in [0.25, 0.3) is 0 Å². The van der Waals surface area contributed by atoms with Crippen molar-refractivity contribution in [1.29, 1.82) is 0 Å². The Hall–Kier alpha value is -0.730. The quantitative estimate of drug-likeness (QED) is 0.786. The van der Waals surface area contributed by atoms with Gasteiger partial charge in [0, 0.05) is 6.04 Å². The SMILES string of the molecule is Cl.NC(CCc1ccc(OCC2CCCCC2)cc1)C1CC1. The summed E-state index contributed by atoms with van der Waals surface area (Å²) in [7, 11) is 0. The molecule has 0 saturated heterocycles. The summed E-state index contributed by atoms with van der Waals surface area (Å²) in [5.41, 5.74) is 7.55. The smallest absolute Gasteiger partial charge is 0.119 e. The van der Waals surface area contributed by atoms with E-state index in [4.69, 9.17) is 10.5 Å². The van der Waals surface area contributed by atoms with Crippen LogP contribution in [0, 0.1) is 11.8 Å². The van der Waals surface area contributed by atoms with Crippen LogP contribution in [0.4, 0.5) is 0 Å². The Kier molecular flexibility index (Phi) is 7.04. The molecule has 124 valence electrons. The molecule has 1 aromatic carbocycles. The number of benzene rings is 1. The number of nitrogens with two attached hydrogens (primary N) is 1. The van der Waals surface area contributed by atoms with Crippen molar-refractivity contribution in [2.45, 2.75) is 63.8 Å². The zero-order valence-electron chi connectivity index (χ0n) is 13.5. The lowest BCUT2D eigenvalue weighted by molar-refractivity contribution is 0.209. The molecule has 0 amide bonds. The first-order valence-electron chi connectivity index (χ1n) is 8.78. The van der Waals surface area contributed by atoms with Crippen molar-refractivity contribution in [3.63, 3.8) is 0 Å². The summed E-state index contributed by atoms with van der Waals surface area (Å²) in [5.74, 6) is 2.61. The first-order valence-corrected chi connectivity index (χ1v) is 8.78. The third kappa shape index (κ3) is 5.48. The lowest BCUT2D eigenvalue weighted by Gasteiger charge is -2.21. The van der Waals surface area contributed by atoms with Crippen LogP contribution in [0.25, 0.3) is 0 Å². The molecule has 1 atom stereocenters. The molecule has 2 saturated carbocycles. The molecular weight excluding hydrogens is 294 g/mol. The fourth-order valence-corrected chi connectivity index (χ4v) is 3.41. The second-order valence-electron chi connectivity index (χ2n) is 7.00. The molecule has 0 bridgehead atoms. The van der Waals surface area contributed by atoms with Gasteiger partial charge in [-0.25, -0.2) is 0 Å². The van der Waals surface area contributed by atoms with E-state index in [0.717, 1.165) is 37.0 Å². The number of ether oxygens (including phenoxy) is 1. The molecular formula is C19H30ClNO. The van der Waals surface area contributed by atoms with Gasteiger partial charge in [-0.2, -0.15) is 0 Å². The predicted octanol–water partition coefficient (Wildman–Crippen LogP) is 4.74. The summed E-state index contributed by atoms with van der Waals surface area (Å²) in [6, 6.07) is 9.07. The van der Waals surface area contributed by atoms with Crippen molar-refractivity contribution in [3.05, 3.63) is 29.8 Å². The summed E-state index contributed by atoms with van der Waals surface area (Å²) in [6.45, 7) is 0.895. The first kappa shape index (κ1) is 17.6. The average Bonchev–Trinajstić information content (AvgIpc) is 3.37. The van der Waals surface area contributed by atoms with E-state index >= 15 is 0 Å². The molecule has 0 heterocycles.